The number of aromatic nitrogens is 3. The first-order valence-electron chi connectivity index (χ1n) is 7.52. The van der Waals surface area contributed by atoms with Crippen LogP contribution in [0.25, 0.3) is 0 Å². The summed E-state index contributed by atoms with van der Waals surface area (Å²) in [7, 11) is -2.92. The molecule has 1 heterocycles. The van der Waals surface area contributed by atoms with Crippen molar-refractivity contribution in [1.82, 2.24) is 25.4 Å². The highest BCUT2D eigenvalue weighted by molar-refractivity contribution is 7.90. The maximum atomic E-state index is 11.1. The van der Waals surface area contributed by atoms with Gasteiger partial charge < -0.3 is 15.2 Å². The van der Waals surface area contributed by atoms with Crippen LogP contribution >= 0.6 is 0 Å². The molecular weight excluding hydrogens is 304 g/mol. The molecule has 0 saturated heterocycles. The van der Waals surface area contributed by atoms with Gasteiger partial charge in [-0.3, -0.25) is 4.99 Å². The van der Waals surface area contributed by atoms with E-state index in [0.29, 0.717) is 25.5 Å². The predicted molar refractivity (Wildman–Crippen MR) is 87.7 cm³/mol. The minimum atomic E-state index is -2.92. The molecule has 2 N–H and O–H groups in total. The van der Waals surface area contributed by atoms with Crippen molar-refractivity contribution in [2.75, 3.05) is 31.6 Å². The van der Waals surface area contributed by atoms with Gasteiger partial charge in [0, 0.05) is 38.9 Å². The Morgan fingerprint density at radius 3 is 2.77 bits per heavy atom. The summed E-state index contributed by atoms with van der Waals surface area (Å²) in [6, 6.07) is 0. The Morgan fingerprint density at radius 2 is 2.14 bits per heavy atom. The molecular formula is C13H26N6O2S. The van der Waals surface area contributed by atoms with E-state index in [1.165, 1.54) is 6.26 Å². The number of rotatable bonds is 9. The first kappa shape index (κ1) is 18.4. The van der Waals surface area contributed by atoms with Crippen molar-refractivity contribution in [2.45, 2.75) is 33.2 Å². The quantitative estimate of drug-likeness (QED) is 0.370. The number of nitrogens with one attached hydrogen (secondary N) is 2. The first-order chi connectivity index (χ1) is 10.5. The van der Waals surface area contributed by atoms with Gasteiger partial charge in [0.15, 0.2) is 5.96 Å². The molecule has 9 heteroatoms. The molecule has 1 rings (SSSR count). The van der Waals surface area contributed by atoms with E-state index >= 15 is 0 Å². The molecule has 22 heavy (non-hydrogen) atoms. The Hall–Kier alpha value is -1.64. The number of hydrogen-bond acceptors (Lipinski definition) is 5. The third-order valence-electron chi connectivity index (χ3n) is 2.94. The molecule has 0 fully saturated rings. The molecule has 0 spiro atoms. The van der Waals surface area contributed by atoms with Gasteiger partial charge in [0.2, 0.25) is 0 Å². The van der Waals surface area contributed by atoms with Crippen LogP contribution in [0, 0.1) is 0 Å². The average molecular weight is 330 g/mol. The third-order valence-corrected chi connectivity index (χ3v) is 3.97. The molecule has 0 radical (unpaired) electrons. The van der Waals surface area contributed by atoms with Crippen molar-refractivity contribution >= 4 is 15.8 Å². The van der Waals surface area contributed by atoms with Crippen LogP contribution in [0.15, 0.2) is 11.3 Å². The summed E-state index contributed by atoms with van der Waals surface area (Å²) in [5.74, 6) is 1.82. The summed E-state index contributed by atoms with van der Waals surface area (Å²) in [4.78, 5) is 4.37. The fourth-order valence-corrected chi connectivity index (χ4v) is 2.55. The lowest BCUT2D eigenvalue weighted by molar-refractivity contribution is 0.599. The lowest BCUT2D eigenvalue weighted by Gasteiger charge is -2.12. The van der Waals surface area contributed by atoms with Crippen LogP contribution in [0.2, 0.25) is 0 Å². The molecule has 0 aliphatic heterocycles. The van der Waals surface area contributed by atoms with Gasteiger partial charge in [-0.2, -0.15) is 0 Å². The van der Waals surface area contributed by atoms with Gasteiger partial charge in [-0.05, 0) is 13.3 Å². The standard InChI is InChI=1S/C13H26N6O2S/c1-4-12-18-17-11-19(12)9-8-16-13(14-5-2)15-7-6-10-22(3,20)21/h11H,4-10H2,1-3H3,(H2,14,15,16). The monoisotopic (exact) mass is 330 g/mol. The highest BCUT2D eigenvalue weighted by Crippen LogP contribution is 1.95. The normalized spacial score (nSPS) is 12.4. The van der Waals surface area contributed by atoms with Crippen LogP contribution in [0.1, 0.15) is 26.1 Å². The highest BCUT2D eigenvalue weighted by Gasteiger charge is 2.03. The zero-order valence-corrected chi connectivity index (χ0v) is 14.4. The molecule has 1 aromatic heterocycles. The van der Waals surface area contributed by atoms with Crippen LogP contribution in [0.3, 0.4) is 0 Å². The van der Waals surface area contributed by atoms with Crippen molar-refractivity contribution in [3.63, 3.8) is 0 Å². The second-order valence-corrected chi connectivity index (χ2v) is 7.22. The van der Waals surface area contributed by atoms with E-state index in [9.17, 15) is 8.42 Å². The lowest BCUT2D eigenvalue weighted by atomic mass is 10.4. The molecule has 0 aliphatic carbocycles. The van der Waals surface area contributed by atoms with E-state index in [-0.39, 0.29) is 5.75 Å². The fourth-order valence-electron chi connectivity index (χ4n) is 1.89. The maximum absolute atomic E-state index is 11.1. The van der Waals surface area contributed by atoms with Gasteiger partial charge in [-0.15, -0.1) is 10.2 Å². The number of guanidine groups is 1. The van der Waals surface area contributed by atoms with Gasteiger partial charge in [-0.1, -0.05) is 6.92 Å². The summed E-state index contributed by atoms with van der Waals surface area (Å²) in [5.41, 5.74) is 0. The molecule has 8 nitrogen and oxygen atoms in total. The van der Waals surface area contributed by atoms with Gasteiger partial charge in [0.25, 0.3) is 0 Å². The van der Waals surface area contributed by atoms with Crippen molar-refractivity contribution in [2.24, 2.45) is 4.99 Å². The maximum Gasteiger partial charge on any atom is 0.191 e. The zero-order valence-electron chi connectivity index (χ0n) is 13.5. The largest absolute Gasteiger partial charge is 0.357 e. The van der Waals surface area contributed by atoms with Gasteiger partial charge >= 0.3 is 0 Å². The molecule has 0 amide bonds. The number of nitrogens with zero attached hydrogens (tertiary/aromatic N) is 4. The van der Waals surface area contributed by atoms with Gasteiger partial charge in [0.05, 0.1) is 5.75 Å². The number of aliphatic imine (C=N–C) groups is 1. The highest BCUT2D eigenvalue weighted by atomic mass is 32.2. The molecule has 1 aromatic rings. The van der Waals surface area contributed by atoms with E-state index < -0.39 is 9.84 Å². The molecule has 0 atom stereocenters. The van der Waals surface area contributed by atoms with Crippen LogP contribution < -0.4 is 10.6 Å². The van der Waals surface area contributed by atoms with E-state index in [0.717, 1.165) is 25.3 Å². The second-order valence-electron chi connectivity index (χ2n) is 4.96. The van der Waals surface area contributed by atoms with Gasteiger partial charge in [-0.25, -0.2) is 8.42 Å². The van der Waals surface area contributed by atoms with Crippen LogP contribution in [0.5, 0.6) is 0 Å². The Balaban J connectivity index is 2.40. The number of hydrogen-bond donors (Lipinski definition) is 2. The van der Waals surface area contributed by atoms with E-state index in [1.54, 1.807) is 6.33 Å². The molecule has 0 aromatic carbocycles. The SMILES string of the molecule is CCNC(=NCCCS(C)(=O)=O)NCCn1cnnc1CC. The Kier molecular flexibility index (Phi) is 7.86. The van der Waals surface area contributed by atoms with E-state index in [1.807, 2.05) is 18.4 Å². The van der Waals surface area contributed by atoms with E-state index in [4.69, 9.17) is 0 Å². The second kappa shape index (κ2) is 9.39. The Morgan fingerprint density at radius 1 is 1.36 bits per heavy atom. The first-order valence-corrected chi connectivity index (χ1v) is 9.59. The van der Waals surface area contributed by atoms with Crippen molar-refractivity contribution in [3.8, 4) is 0 Å². The average Bonchev–Trinajstić information content (AvgIpc) is 2.90. The summed E-state index contributed by atoms with van der Waals surface area (Å²) in [5, 5.41) is 14.3. The summed E-state index contributed by atoms with van der Waals surface area (Å²) < 4.78 is 24.1. The number of aryl methyl sites for hydroxylation is 1. The topological polar surface area (TPSA) is 101 Å². The zero-order chi connectivity index (χ0) is 16.4. The summed E-state index contributed by atoms with van der Waals surface area (Å²) in [6.07, 6.45) is 4.34. The van der Waals surface area contributed by atoms with Crippen LogP contribution in [-0.2, 0) is 22.8 Å². The van der Waals surface area contributed by atoms with Crippen LogP contribution in [-0.4, -0.2) is 60.8 Å². The minimum Gasteiger partial charge on any atom is -0.357 e. The molecule has 126 valence electrons. The predicted octanol–water partition coefficient (Wildman–Crippen LogP) is -0.170. The minimum absolute atomic E-state index is 0.163. The van der Waals surface area contributed by atoms with Gasteiger partial charge in [0.1, 0.15) is 22.0 Å². The molecule has 0 bridgehead atoms. The van der Waals surface area contributed by atoms with Crippen molar-refractivity contribution in [1.29, 1.82) is 0 Å². The van der Waals surface area contributed by atoms with Crippen molar-refractivity contribution < 1.29 is 8.42 Å². The molecule has 0 aliphatic rings. The fraction of sp³-hybridized carbons (Fsp3) is 0.769. The smallest absolute Gasteiger partial charge is 0.191 e. The lowest BCUT2D eigenvalue weighted by Crippen LogP contribution is -2.39. The van der Waals surface area contributed by atoms with Crippen molar-refractivity contribution in [3.05, 3.63) is 12.2 Å². The van der Waals surface area contributed by atoms with E-state index in [2.05, 4.69) is 25.8 Å². The summed E-state index contributed by atoms with van der Waals surface area (Å²) in [6.45, 7) is 6.72. The number of sulfone groups is 1. The molecule has 0 unspecified atom stereocenters. The molecule has 0 saturated carbocycles. The Bertz CT molecular complexity index is 567. The summed E-state index contributed by atoms with van der Waals surface area (Å²) >= 11 is 0. The third kappa shape index (κ3) is 7.39. The Labute approximate surface area is 132 Å². The van der Waals surface area contributed by atoms with Crippen LogP contribution in [0.4, 0.5) is 0 Å².